The van der Waals surface area contributed by atoms with Crippen LogP contribution >= 0.6 is 11.6 Å². The van der Waals surface area contributed by atoms with Crippen molar-refractivity contribution < 1.29 is 19.3 Å². The number of hydrogen-bond donors (Lipinski definition) is 1. The second-order valence-electron chi connectivity index (χ2n) is 8.64. The lowest BCUT2D eigenvalue weighted by Gasteiger charge is -2.26. The van der Waals surface area contributed by atoms with Gasteiger partial charge in [0.05, 0.1) is 13.2 Å². The number of ether oxygens (including phenoxy) is 3. The molecule has 0 heterocycles. The highest BCUT2D eigenvalue weighted by Gasteiger charge is 2.23. The molecule has 0 spiro atoms. The zero-order chi connectivity index (χ0) is 22.7. The van der Waals surface area contributed by atoms with Crippen molar-refractivity contribution in [1.29, 1.82) is 0 Å². The summed E-state index contributed by atoms with van der Waals surface area (Å²) in [4.78, 5) is 0. The van der Waals surface area contributed by atoms with Crippen LogP contribution in [0.1, 0.15) is 51.7 Å². The Morgan fingerprint density at radius 2 is 1.39 bits per heavy atom. The molecule has 2 atom stereocenters. The SMILES string of the molecule is CCCCOC[C@H](O)COc1ccc(C(C)(C)c2ccc(OC[C@H](C)CCl)cc2)cc1. The number of hydrogen-bond acceptors (Lipinski definition) is 4. The van der Waals surface area contributed by atoms with Crippen LogP contribution in [0.4, 0.5) is 0 Å². The summed E-state index contributed by atoms with van der Waals surface area (Å²) in [5.74, 6) is 2.52. The van der Waals surface area contributed by atoms with E-state index < -0.39 is 6.10 Å². The van der Waals surface area contributed by atoms with E-state index in [4.69, 9.17) is 25.8 Å². The van der Waals surface area contributed by atoms with E-state index in [9.17, 15) is 5.11 Å². The molecule has 2 aromatic rings. The first-order valence-electron chi connectivity index (χ1n) is 11.1. The van der Waals surface area contributed by atoms with Crippen molar-refractivity contribution >= 4 is 11.6 Å². The van der Waals surface area contributed by atoms with Gasteiger partial charge in [-0.2, -0.15) is 0 Å². The second-order valence-corrected chi connectivity index (χ2v) is 8.95. The van der Waals surface area contributed by atoms with E-state index in [0.29, 0.717) is 31.6 Å². The summed E-state index contributed by atoms with van der Waals surface area (Å²) in [6.07, 6.45) is 1.47. The number of halogens is 1. The molecule has 2 aromatic carbocycles. The number of aliphatic hydroxyl groups is 1. The predicted octanol–water partition coefficient (Wildman–Crippen LogP) is 5.82. The van der Waals surface area contributed by atoms with Gasteiger partial charge in [0.2, 0.25) is 0 Å². The highest BCUT2D eigenvalue weighted by Crippen LogP contribution is 2.33. The summed E-state index contributed by atoms with van der Waals surface area (Å²) in [7, 11) is 0. The molecule has 1 N–H and O–H groups in total. The van der Waals surface area contributed by atoms with Crippen molar-refractivity contribution in [1.82, 2.24) is 0 Å². The maximum absolute atomic E-state index is 9.98. The first-order valence-corrected chi connectivity index (χ1v) is 11.7. The van der Waals surface area contributed by atoms with Crippen molar-refractivity contribution in [2.75, 3.05) is 32.3 Å². The molecule has 172 valence electrons. The van der Waals surface area contributed by atoms with Crippen LogP contribution in [0.5, 0.6) is 11.5 Å². The molecule has 0 aliphatic rings. The fraction of sp³-hybridized carbons (Fsp3) is 0.538. The van der Waals surface area contributed by atoms with Crippen LogP contribution in [0.2, 0.25) is 0 Å². The van der Waals surface area contributed by atoms with Gasteiger partial charge in [0.1, 0.15) is 24.2 Å². The monoisotopic (exact) mass is 448 g/mol. The summed E-state index contributed by atoms with van der Waals surface area (Å²) in [5.41, 5.74) is 2.24. The van der Waals surface area contributed by atoms with Crippen LogP contribution in [0.15, 0.2) is 48.5 Å². The Morgan fingerprint density at radius 3 is 1.87 bits per heavy atom. The molecule has 0 aliphatic heterocycles. The van der Waals surface area contributed by atoms with E-state index in [1.807, 2.05) is 24.3 Å². The summed E-state index contributed by atoms with van der Waals surface area (Å²) < 4.78 is 16.9. The van der Waals surface area contributed by atoms with E-state index in [1.165, 1.54) is 11.1 Å². The molecule has 0 saturated heterocycles. The third kappa shape index (κ3) is 8.36. The van der Waals surface area contributed by atoms with Gasteiger partial charge in [0.15, 0.2) is 0 Å². The number of rotatable bonds is 14. The van der Waals surface area contributed by atoms with Gasteiger partial charge in [-0.1, -0.05) is 58.4 Å². The number of aliphatic hydroxyl groups excluding tert-OH is 1. The first kappa shape index (κ1) is 25.5. The Kier molecular flexibility index (Phi) is 10.7. The molecule has 31 heavy (non-hydrogen) atoms. The van der Waals surface area contributed by atoms with Gasteiger partial charge >= 0.3 is 0 Å². The highest BCUT2D eigenvalue weighted by molar-refractivity contribution is 6.18. The lowest BCUT2D eigenvalue weighted by atomic mass is 9.78. The Hall–Kier alpha value is -1.75. The van der Waals surface area contributed by atoms with Gasteiger partial charge in [-0.25, -0.2) is 0 Å². The Morgan fingerprint density at radius 1 is 0.871 bits per heavy atom. The zero-order valence-corrected chi connectivity index (χ0v) is 20.0. The Balaban J connectivity index is 1.90. The van der Waals surface area contributed by atoms with Crippen molar-refractivity contribution in [3.05, 3.63) is 59.7 Å². The van der Waals surface area contributed by atoms with Gasteiger partial charge in [-0.15, -0.1) is 11.6 Å². The molecule has 4 nitrogen and oxygen atoms in total. The predicted molar refractivity (Wildman–Crippen MR) is 128 cm³/mol. The summed E-state index contributed by atoms with van der Waals surface area (Å²) in [5, 5.41) is 9.98. The summed E-state index contributed by atoms with van der Waals surface area (Å²) in [6, 6.07) is 16.3. The minimum absolute atomic E-state index is 0.160. The standard InChI is InChI=1S/C26H37ClO4/c1-5-6-15-29-18-23(28)19-31-25-13-9-22(10-14-25)26(3,4)21-7-11-24(12-8-21)30-17-20(2)16-27/h7-14,20,23,28H,5-6,15-19H2,1-4H3/t20-,23+/m1/s1. The Labute approximate surface area is 192 Å². The lowest BCUT2D eigenvalue weighted by Crippen LogP contribution is -2.23. The molecule has 0 aliphatic carbocycles. The van der Waals surface area contributed by atoms with E-state index >= 15 is 0 Å². The van der Waals surface area contributed by atoms with Crippen LogP contribution in [-0.2, 0) is 10.2 Å². The highest BCUT2D eigenvalue weighted by atomic mass is 35.5. The molecule has 2 rings (SSSR count). The maximum atomic E-state index is 9.98. The average molecular weight is 449 g/mol. The van der Waals surface area contributed by atoms with Gasteiger partial charge < -0.3 is 19.3 Å². The molecular formula is C26H37ClO4. The molecule has 0 fully saturated rings. The van der Waals surface area contributed by atoms with E-state index in [1.54, 1.807) is 0 Å². The van der Waals surface area contributed by atoms with Crippen molar-refractivity contribution in [3.63, 3.8) is 0 Å². The minimum atomic E-state index is -0.624. The van der Waals surface area contributed by atoms with Crippen LogP contribution in [-0.4, -0.2) is 43.5 Å². The fourth-order valence-corrected chi connectivity index (χ4v) is 3.18. The maximum Gasteiger partial charge on any atom is 0.119 e. The van der Waals surface area contributed by atoms with Crippen LogP contribution in [0, 0.1) is 5.92 Å². The Bertz CT molecular complexity index is 743. The molecule has 5 heteroatoms. The molecule has 0 radical (unpaired) electrons. The summed E-state index contributed by atoms with van der Waals surface area (Å²) >= 11 is 5.84. The van der Waals surface area contributed by atoms with E-state index in [0.717, 1.165) is 24.3 Å². The second kappa shape index (κ2) is 12.9. The number of benzene rings is 2. The van der Waals surface area contributed by atoms with Crippen molar-refractivity contribution in [2.24, 2.45) is 5.92 Å². The zero-order valence-electron chi connectivity index (χ0n) is 19.3. The number of unbranched alkanes of at least 4 members (excludes halogenated alkanes) is 1. The molecule has 0 aromatic heterocycles. The van der Waals surface area contributed by atoms with Crippen molar-refractivity contribution in [2.45, 2.75) is 52.1 Å². The van der Waals surface area contributed by atoms with Gasteiger partial charge in [0, 0.05) is 23.8 Å². The van der Waals surface area contributed by atoms with Gasteiger partial charge in [0.25, 0.3) is 0 Å². The van der Waals surface area contributed by atoms with Crippen LogP contribution in [0.3, 0.4) is 0 Å². The first-order chi connectivity index (χ1) is 14.9. The minimum Gasteiger partial charge on any atom is -0.493 e. The van der Waals surface area contributed by atoms with Crippen LogP contribution in [0.25, 0.3) is 0 Å². The molecule has 0 bridgehead atoms. The topological polar surface area (TPSA) is 47.9 Å². The molecule has 0 unspecified atom stereocenters. The quantitative estimate of drug-likeness (QED) is 0.292. The molecule has 0 amide bonds. The smallest absolute Gasteiger partial charge is 0.119 e. The van der Waals surface area contributed by atoms with E-state index in [2.05, 4.69) is 52.0 Å². The number of alkyl halides is 1. The molecular weight excluding hydrogens is 412 g/mol. The van der Waals surface area contributed by atoms with Gasteiger partial charge in [-0.05, 0) is 41.8 Å². The largest absolute Gasteiger partial charge is 0.493 e. The third-order valence-corrected chi connectivity index (χ3v) is 5.87. The summed E-state index contributed by atoms with van der Waals surface area (Å²) in [6.45, 7) is 10.4. The fourth-order valence-electron chi connectivity index (χ4n) is 3.09. The van der Waals surface area contributed by atoms with Gasteiger partial charge in [-0.3, -0.25) is 0 Å². The average Bonchev–Trinajstić information content (AvgIpc) is 2.79. The lowest BCUT2D eigenvalue weighted by molar-refractivity contribution is 0.0113. The third-order valence-electron chi connectivity index (χ3n) is 5.34. The van der Waals surface area contributed by atoms with Crippen molar-refractivity contribution in [3.8, 4) is 11.5 Å². The molecule has 0 saturated carbocycles. The normalized spacial score (nSPS) is 13.6. The van der Waals surface area contributed by atoms with Crippen LogP contribution < -0.4 is 9.47 Å². The van der Waals surface area contributed by atoms with E-state index in [-0.39, 0.29) is 12.0 Å².